The van der Waals surface area contributed by atoms with E-state index in [1.54, 1.807) is 0 Å². The van der Waals surface area contributed by atoms with Gasteiger partial charge in [-0.05, 0) is 48.1 Å². The van der Waals surface area contributed by atoms with E-state index >= 15 is 0 Å². The van der Waals surface area contributed by atoms with Crippen molar-refractivity contribution in [3.05, 3.63) is 27.8 Å². The second kappa shape index (κ2) is 7.31. The standard InChI is InChI=1S/C14H21IN2O/c1-12-11-17(9-7-16-12)8-4-10-18-14-6-3-2-5-13(14)15/h2-3,5-6,12,16H,4,7-11H2,1H3. The van der Waals surface area contributed by atoms with Crippen molar-refractivity contribution >= 4 is 22.6 Å². The van der Waals surface area contributed by atoms with Crippen molar-refractivity contribution in [2.75, 3.05) is 32.8 Å². The van der Waals surface area contributed by atoms with Crippen LogP contribution < -0.4 is 10.1 Å². The molecule has 0 radical (unpaired) electrons. The van der Waals surface area contributed by atoms with Gasteiger partial charge >= 0.3 is 0 Å². The Morgan fingerprint density at radius 1 is 1.44 bits per heavy atom. The monoisotopic (exact) mass is 360 g/mol. The molecule has 0 spiro atoms. The summed E-state index contributed by atoms with van der Waals surface area (Å²) in [5.74, 6) is 1.01. The summed E-state index contributed by atoms with van der Waals surface area (Å²) >= 11 is 2.31. The first-order valence-electron chi connectivity index (χ1n) is 6.59. The molecule has 0 aromatic heterocycles. The smallest absolute Gasteiger partial charge is 0.132 e. The summed E-state index contributed by atoms with van der Waals surface area (Å²) in [6.07, 6.45) is 1.09. The molecule has 1 aromatic rings. The number of para-hydroxylation sites is 1. The lowest BCUT2D eigenvalue weighted by Gasteiger charge is -2.31. The molecule has 0 amide bonds. The molecule has 3 nitrogen and oxygen atoms in total. The number of rotatable bonds is 5. The minimum absolute atomic E-state index is 0.620. The average Bonchev–Trinajstić information content (AvgIpc) is 2.37. The number of nitrogens with one attached hydrogen (secondary N) is 1. The van der Waals surface area contributed by atoms with Gasteiger partial charge in [-0.25, -0.2) is 0 Å². The van der Waals surface area contributed by atoms with Crippen LogP contribution in [-0.2, 0) is 0 Å². The number of ether oxygens (including phenoxy) is 1. The largest absolute Gasteiger partial charge is 0.492 e. The first-order valence-corrected chi connectivity index (χ1v) is 7.66. The van der Waals surface area contributed by atoms with Crippen LogP contribution in [0.1, 0.15) is 13.3 Å². The highest BCUT2D eigenvalue weighted by atomic mass is 127. The summed E-state index contributed by atoms with van der Waals surface area (Å²) in [6.45, 7) is 7.61. The van der Waals surface area contributed by atoms with Gasteiger partial charge in [0.15, 0.2) is 0 Å². The molecule has 18 heavy (non-hydrogen) atoms. The Bertz CT molecular complexity index is 373. The van der Waals surface area contributed by atoms with Crippen LogP contribution >= 0.6 is 22.6 Å². The molecule has 4 heteroatoms. The van der Waals surface area contributed by atoms with Gasteiger partial charge in [-0.2, -0.15) is 0 Å². The number of nitrogens with zero attached hydrogens (tertiary/aromatic N) is 1. The topological polar surface area (TPSA) is 24.5 Å². The van der Waals surface area contributed by atoms with Crippen molar-refractivity contribution in [1.82, 2.24) is 10.2 Å². The summed E-state index contributed by atoms with van der Waals surface area (Å²) in [6, 6.07) is 8.80. The van der Waals surface area contributed by atoms with Crippen LogP contribution in [0.3, 0.4) is 0 Å². The van der Waals surface area contributed by atoms with Crippen molar-refractivity contribution in [3.63, 3.8) is 0 Å². The van der Waals surface area contributed by atoms with E-state index in [1.165, 1.54) is 3.57 Å². The van der Waals surface area contributed by atoms with Crippen molar-refractivity contribution in [3.8, 4) is 5.75 Å². The predicted octanol–water partition coefficient (Wildman–Crippen LogP) is 2.35. The molecular formula is C14H21IN2O. The third-order valence-corrected chi connectivity index (χ3v) is 4.06. The van der Waals surface area contributed by atoms with Gasteiger partial charge in [-0.3, -0.25) is 0 Å². The van der Waals surface area contributed by atoms with Crippen LogP contribution in [0, 0.1) is 3.57 Å². The van der Waals surface area contributed by atoms with Crippen LogP contribution in [0.2, 0.25) is 0 Å². The molecule has 1 atom stereocenters. The second-order valence-electron chi connectivity index (χ2n) is 4.79. The third-order valence-electron chi connectivity index (χ3n) is 3.17. The molecule has 0 saturated carbocycles. The Labute approximate surface area is 123 Å². The third kappa shape index (κ3) is 4.40. The normalized spacial score (nSPS) is 20.9. The van der Waals surface area contributed by atoms with Crippen molar-refractivity contribution < 1.29 is 4.74 Å². The Kier molecular flexibility index (Phi) is 5.72. The summed E-state index contributed by atoms with van der Waals surface area (Å²) in [7, 11) is 0. The van der Waals surface area contributed by atoms with Gasteiger partial charge in [0, 0.05) is 32.2 Å². The maximum absolute atomic E-state index is 5.80. The first-order chi connectivity index (χ1) is 8.75. The minimum atomic E-state index is 0.620. The molecule has 1 N–H and O–H groups in total. The fourth-order valence-corrected chi connectivity index (χ4v) is 2.79. The Morgan fingerprint density at radius 3 is 3.06 bits per heavy atom. The van der Waals surface area contributed by atoms with E-state index in [0.29, 0.717) is 6.04 Å². The van der Waals surface area contributed by atoms with Crippen LogP contribution in [0.25, 0.3) is 0 Å². The van der Waals surface area contributed by atoms with Gasteiger partial charge in [-0.15, -0.1) is 0 Å². The zero-order valence-electron chi connectivity index (χ0n) is 10.9. The van der Waals surface area contributed by atoms with Crippen molar-refractivity contribution in [1.29, 1.82) is 0 Å². The van der Waals surface area contributed by atoms with E-state index in [9.17, 15) is 0 Å². The fraction of sp³-hybridized carbons (Fsp3) is 0.571. The summed E-state index contributed by atoms with van der Waals surface area (Å²) in [5, 5.41) is 3.46. The lowest BCUT2D eigenvalue weighted by molar-refractivity contribution is 0.189. The zero-order valence-corrected chi connectivity index (χ0v) is 13.0. The Morgan fingerprint density at radius 2 is 2.28 bits per heavy atom. The predicted molar refractivity (Wildman–Crippen MR) is 83.2 cm³/mol. The Hall–Kier alpha value is -0.330. The Balaban J connectivity index is 1.65. The molecule has 1 saturated heterocycles. The average molecular weight is 360 g/mol. The highest BCUT2D eigenvalue weighted by Gasteiger charge is 2.14. The molecule has 1 fully saturated rings. The maximum atomic E-state index is 5.80. The first kappa shape index (κ1) is 14.1. The minimum Gasteiger partial charge on any atom is -0.492 e. The highest BCUT2D eigenvalue weighted by molar-refractivity contribution is 14.1. The molecule has 2 rings (SSSR count). The zero-order chi connectivity index (χ0) is 12.8. The molecule has 1 aliphatic rings. The van der Waals surface area contributed by atoms with Crippen LogP contribution in [0.5, 0.6) is 5.75 Å². The summed E-state index contributed by atoms with van der Waals surface area (Å²) < 4.78 is 6.99. The van der Waals surface area contributed by atoms with Gasteiger partial charge in [0.05, 0.1) is 10.2 Å². The summed E-state index contributed by atoms with van der Waals surface area (Å²) in [4.78, 5) is 2.51. The van der Waals surface area contributed by atoms with Gasteiger partial charge in [0.2, 0.25) is 0 Å². The van der Waals surface area contributed by atoms with E-state index in [-0.39, 0.29) is 0 Å². The van der Waals surface area contributed by atoms with Gasteiger partial charge in [0.25, 0.3) is 0 Å². The number of halogens is 1. The molecule has 1 unspecified atom stereocenters. The van der Waals surface area contributed by atoms with Gasteiger partial charge in [-0.1, -0.05) is 12.1 Å². The molecule has 1 heterocycles. The highest BCUT2D eigenvalue weighted by Crippen LogP contribution is 2.19. The molecule has 1 aliphatic heterocycles. The van der Waals surface area contributed by atoms with E-state index in [4.69, 9.17) is 4.74 Å². The summed E-state index contributed by atoms with van der Waals surface area (Å²) in [5.41, 5.74) is 0. The van der Waals surface area contributed by atoms with E-state index in [0.717, 1.165) is 45.0 Å². The van der Waals surface area contributed by atoms with Crippen LogP contribution in [0.15, 0.2) is 24.3 Å². The van der Waals surface area contributed by atoms with Crippen LogP contribution in [0.4, 0.5) is 0 Å². The number of piperazine rings is 1. The second-order valence-corrected chi connectivity index (χ2v) is 5.95. The number of hydrogen-bond acceptors (Lipinski definition) is 3. The quantitative estimate of drug-likeness (QED) is 0.645. The SMILES string of the molecule is CC1CN(CCCOc2ccccc2I)CCN1. The van der Waals surface area contributed by atoms with Gasteiger partial charge < -0.3 is 15.0 Å². The maximum Gasteiger partial charge on any atom is 0.132 e. The van der Waals surface area contributed by atoms with Gasteiger partial charge in [0.1, 0.15) is 5.75 Å². The van der Waals surface area contributed by atoms with Crippen molar-refractivity contribution in [2.45, 2.75) is 19.4 Å². The van der Waals surface area contributed by atoms with E-state index in [2.05, 4.69) is 45.8 Å². The molecule has 0 aliphatic carbocycles. The van der Waals surface area contributed by atoms with Crippen LogP contribution in [-0.4, -0.2) is 43.7 Å². The number of benzene rings is 1. The molecule has 100 valence electrons. The lowest BCUT2D eigenvalue weighted by Crippen LogP contribution is -2.49. The fourth-order valence-electron chi connectivity index (χ4n) is 2.25. The van der Waals surface area contributed by atoms with E-state index < -0.39 is 0 Å². The number of hydrogen-bond donors (Lipinski definition) is 1. The van der Waals surface area contributed by atoms with E-state index in [1.807, 2.05) is 18.2 Å². The lowest BCUT2D eigenvalue weighted by atomic mass is 10.2. The molecule has 0 bridgehead atoms. The van der Waals surface area contributed by atoms with Crippen molar-refractivity contribution in [2.24, 2.45) is 0 Å². The molecular weight excluding hydrogens is 339 g/mol. The molecule has 1 aromatic carbocycles.